The van der Waals surface area contributed by atoms with E-state index in [0.29, 0.717) is 36.7 Å². The summed E-state index contributed by atoms with van der Waals surface area (Å²) in [7, 11) is 0. The van der Waals surface area contributed by atoms with Crippen molar-refractivity contribution in [1.82, 2.24) is 14.8 Å². The van der Waals surface area contributed by atoms with Gasteiger partial charge in [0.15, 0.2) is 0 Å². The molecule has 0 aliphatic carbocycles. The number of pyridine rings is 1. The van der Waals surface area contributed by atoms with Crippen LogP contribution in [0.25, 0.3) is 10.9 Å². The Bertz CT molecular complexity index is 1190. The van der Waals surface area contributed by atoms with E-state index < -0.39 is 30.7 Å². The van der Waals surface area contributed by atoms with E-state index in [2.05, 4.69) is 13.5 Å². The molecule has 1 aromatic heterocycles. The minimum atomic E-state index is -4.31. The number of amidine groups is 1. The second kappa shape index (κ2) is 9.14. The Labute approximate surface area is 192 Å². The van der Waals surface area contributed by atoms with Gasteiger partial charge in [0.25, 0.3) is 0 Å². The Morgan fingerprint density at radius 3 is 2.75 bits per heavy atom. The van der Waals surface area contributed by atoms with Crippen molar-refractivity contribution >= 4 is 52.8 Å². The molecule has 1 saturated heterocycles. The third-order valence-corrected chi connectivity index (χ3v) is 7.48. The predicted octanol–water partition coefficient (Wildman–Crippen LogP) is 3.06. The van der Waals surface area contributed by atoms with Crippen LogP contribution in [-0.2, 0) is 4.79 Å². The van der Waals surface area contributed by atoms with Crippen molar-refractivity contribution in [1.29, 1.82) is 0 Å². The zero-order valence-electron chi connectivity index (χ0n) is 17.1. The summed E-state index contributed by atoms with van der Waals surface area (Å²) in [5.41, 5.74) is 1.16. The molecule has 11 heteroatoms. The molecule has 32 heavy (non-hydrogen) atoms. The van der Waals surface area contributed by atoms with E-state index in [9.17, 15) is 22.8 Å². The molecule has 0 bridgehead atoms. The predicted molar refractivity (Wildman–Crippen MR) is 127 cm³/mol. The highest BCUT2D eigenvalue weighted by Crippen LogP contribution is 2.27. The fraction of sp³-hybridized carbons (Fsp3) is 0.333. The maximum atomic E-state index is 12.8. The van der Waals surface area contributed by atoms with E-state index in [1.807, 2.05) is 16.7 Å². The summed E-state index contributed by atoms with van der Waals surface area (Å²) in [5, 5.41) is 3.70. The number of allylic oxidation sites excluding steroid dienone is 1. The summed E-state index contributed by atoms with van der Waals surface area (Å²) >= 11 is -1.44. The molecule has 0 saturated carbocycles. The molecule has 7 nitrogen and oxygen atoms in total. The zero-order chi connectivity index (χ0) is 22.9. The fourth-order valence-electron chi connectivity index (χ4n) is 3.73. The molecule has 170 valence electrons. The molecule has 1 fully saturated rings. The summed E-state index contributed by atoms with van der Waals surface area (Å²) in [4.78, 5) is 30.7. The smallest absolute Gasteiger partial charge is 0.351 e. The first-order chi connectivity index (χ1) is 15.2. The number of hydrogen-bond donors (Lipinski definition) is 2. The maximum Gasteiger partial charge on any atom is 0.423 e. The largest absolute Gasteiger partial charge is 0.423 e. The van der Waals surface area contributed by atoms with Gasteiger partial charge in [-0.2, -0.15) is 13.2 Å². The highest BCUT2D eigenvalue weighted by Gasteiger charge is 2.34. The quantitative estimate of drug-likeness (QED) is 0.567. The molecule has 0 unspecified atom stereocenters. The summed E-state index contributed by atoms with van der Waals surface area (Å²) in [6, 6.07) is 8.44. The van der Waals surface area contributed by atoms with Gasteiger partial charge in [0, 0.05) is 69.3 Å². The van der Waals surface area contributed by atoms with Gasteiger partial charge in [0.1, 0.15) is 9.34 Å². The van der Waals surface area contributed by atoms with Crippen LogP contribution in [0.15, 0.2) is 50.5 Å². The molecule has 2 aliphatic heterocycles. The molecule has 4 rings (SSSR count). The fourth-order valence-corrected chi connectivity index (χ4v) is 5.29. The number of aromatic nitrogens is 1. The third kappa shape index (κ3) is 5.26. The normalized spacial score (nSPS) is 19.9. The lowest BCUT2D eigenvalue weighted by atomic mass is 10.1. The van der Waals surface area contributed by atoms with Gasteiger partial charge in [-0.1, -0.05) is 0 Å². The number of alkyl halides is 3. The van der Waals surface area contributed by atoms with Crippen LogP contribution < -0.4 is 10.9 Å². The number of fused-ring (bicyclic) bond motifs is 1. The van der Waals surface area contributed by atoms with Crippen molar-refractivity contribution < 1.29 is 18.0 Å². The second-order valence-corrected chi connectivity index (χ2v) is 9.78. The molecule has 1 atom stereocenters. The Hall–Kier alpha value is -2.54. The average Bonchev–Trinajstić information content (AvgIpc) is 2.73. The van der Waals surface area contributed by atoms with Crippen LogP contribution in [0.3, 0.4) is 0 Å². The van der Waals surface area contributed by atoms with Crippen molar-refractivity contribution in [3.8, 4) is 0 Å². The van der Waals surface area contributed by atoms with Crippen molar-refractivity contribution in [2.45, 2.75) is 19.1 Å². The molecule has 2 N–H and O–H groups in total. The van der Waals surface area contributed by atoms with Crippen LogP contribution in [-0.4, -0.2) is 68.4 Å². The van der Waals surface area contributed by atoms with Gasteiger partial charge in [-0.3, -0.25) is 14.5 Å². The minimum absolute atomic E-state index is 0.0221. The molecular weight excluding hydrogens is 538 g/mol. The second-order valence-electron chi connectivity index (χ2n) is 7.66. The Balaban J connectivity index is 1.33. The topological polar surface area (TPSA) is 80.8 Å². The molecule has 1 aromatic carbocycles. The van der Waals surface area contributed by atoms with Crippen LogP contribution in [0.1, 0.15) is 6.92 Å². The number of hydrogen-bond acceptors (Lipinski definition) is 5. The number of carbonyl (C=O) groups is 1. The zero-order valence-corrected chi connectivity index (χ0v) is 19.3. The minimum Gasteiger partial charge on any atom is -0.351 e. The molecule has 1 amide bonds. The first-order valence-electron chi connectivity index (χ1n) is 9.95. The Morgan fingerprint density at radius 2 is 2.06 bits per heavy atom. The standard InChI is InChI=1S/C21H21F3IN5O2/c1-13-11-29(8-9-30(13)18-6-5-17(25-28-18)21(22,23)24)12-20(32)26-15-3-4-16-14(10-15)2-7-19(31)27-16/h2-7,10,13H,8-9,11-12H2,1H3,(H,26,32)(H,27,31)/t13-/m1/s1. The number of piperazine rings is 1. The number of nitrogens with one attached hydrogen (secondary N) is 2. The lowest BCUT2D eigenvalue weighted by Gasteiger charge is -2.40. The number of halogens is 4. The van der Waals surface area contributed by atoms with Gasteiger partial charge >= 0.3 is 6.18 Å². The number of benzene rings is 1. The van der Waals surface area contributed by atoms with Gasteiger partial charge in [-0.15, -0.1) is 0 Å². The Morgan fingerprint density at radius 1 is 1.25 bits per heavy atom. The van der Waals surface area contributed by atoms with Gasteiger partial charge < -0.3 is 15.2 Å². The molecular formula is C21H21F3IN5O2. The van der Waals surface area contributed by atoms with E-state index in [-0.39, 0.29) is 24.1 Å². The number of nitrogens with zero attached hydrogens (tertiary/aromatic N) is 3. The number of H-pyrrole nitrogens is 1. The van der Waals surface area contributed by atoms with Crippen molar-refractivity contribution in [3.05, 3.63) is 52.8 Å². The van der Waals surface area contributed by atoms with Crippen molar-refractivity contribution in [3.63, 3.8) is 0 Å². The van der Waals surface area contributed by atoms with E-state index >= 15 is 0 Å². The first-order valence-corrected chi connectivity index (χ1v) is 12.0. The van der Waals surface area contributed by atoms with Crippen LogP contribution in [0.4, 0.5) is 18.9 Å². The Kier molecular flexibility index (Phi) is 6.47. The SMILES string of the molecule is C[C@@H]1CN(CC(=O)Nc2ccc3[nH]c(=O)ccc3c2)CCN1C1=NI=C(C(F)(F)F)C=C1. The summed E-state index contributed by atoms with van der Waals surface area (Å²) in [6.45, 7) is 3.99. The summed E-state index contributed by atoms with van der Waals surface area (Å²) < 4.78 is 42.1. The van der Waals surface area contributed by atoms with Crippen molar-refractivity contribution in [2.24, 2.45) is 3.21 Å². The number of aromatic amines is 1. The third-order valence-electron chi connectivity index (χ3n) is 5.25. The van der Waals surface area contributed by atoms with E-state index in [0.717, 1.165) is 11.5 Å². The lowest BCUT2D eigenvalue weighted by Crippen LogP contribution is -2.55. The summed E-state index contributed by atoms with van der Waals surface area (Å²) in [6.07, 6.45) is -1.72. The molecule has 0 radical (unpaired) electrons. The van der Waals surface area contributed by atoms with E-state index in [1.165, 1.54) is 12.1 Å². The molecule has 3 heterocycles. The van der Waals surface area contributed by atoms with E-state index in [1.54, 1.807) is 24.3 Å². The molecule has 2 aliphatic rings. The van der Waals surface area contributed by atoms with Gasteiger partial charge in [-0.25, -0.2) is 3.21 Å². The lowest BCUT2D eigenvalue weighted by molar-refractivity contribution is -0.117. The number of carbonyl (C=O) groups excluding carboxylic acids is 1. The molecule has 2 aromatic rings. The number of anilines is 1. The average molecular weight is 559 g/mol. The maximum absolute atomic E-state index is 12.8. The summed E-state index contributed by atoms with van der Waals surface area (Å²) in [5.74, 6) is 0.441. The van der Waals surface area contributed by atoms with Crippen LogP contribution in [0, 0.1) is 0 Å². The van der Waals surface area contributed by atoms with E-state index in [4.69, 9.17) is 0 Å². The van der Waals surface area contributed by atoms with Gasteiger partial charge in [0.05, 0.1) is 6.54 Å². The van der Waals surface area contributed by atoms with Gasteiger partial charge in [-0.05, 0) is 43.3 Å². The van der Waals surface area contributed by atoms with Crippen molar-refractivity contribution in [2.75, 3.05) is 31.5 Å². The van der Waals surface area contributed by atoms with Gasteiger partial charge in [0.2, 0.25) is 11.5 Å². The molecule has 0 spiro atoms. The van der Waals surface area contributed by atoms with Crippen LogP contribution in [0.5, 0.6) is 0 Å². The van der Waals surface area contributed by atoms with Crippen LogP contribution in [0.2, 0.25) is 0 Å². The monoisotopic (exact) mass is 559 g/mol. The number of rotatable bonds is 3. The highest BCUT2D eigenvalue weighted by atomic mass is 127. The van der Waals surface area contributed by atoms with Crippen LogP contribution >= 0.6 is 21.0 Å². The first kappa shape index (κ1) is 22.6. The highest BCUT2D eigenvalue weighted by molar-refractivity contribution is 14.2. The number of amides is 1.